The number of aliphatic hydroxyl groups excluding tert-OH is 1. The van der Waals surface area contributed by atoms with Crippen molar-refractivity contribution in [2.75, 3.05) is 6.61 Å². The number of ether oxygens (including phenoxy) is 2. The molecule has 2 aromatic carbocycles. The minimum absolute atomic E-state index is 0.270. The number of hydrogen-bond acceptors (Lipinski definition) is 5. The Morgan fingerprint density at radius 2 is 2.00 bits per heavy atom. The molecule has 0 spiro atoms. The zero-order chi connectivity index (χ0) is 19.2. The summed E-state index contributed by atoms with van der Waals surface area (Å²) in [7, 11) is 0. The van der Waals surface area contributed by atoms with Crippen molar-refractivity contribution in [2.45, 2.75) is 44.5 Å². The zero-order valence-electron chi connectivity index (χ0n) is 15.2. The molecule has 1 aliphatic rings. The molecule has 3 unspecified atom stereocenters. The van der Waals surface area contributed by atoms with Gasteiger partial charge in [0.1, 0.15) is 5.75 Å². The van der Waals surface area contributed by atoms with Crippen molar-refractivity contribution in [3.8, 4) is 5.75 Å². The van der Waals surface area contributed by atoms with Gasteiger partial charge in [0.2, 0.25) is 0 Å². The lowest BCUT2D eigenvalue weighted by Crippen LogP contribution is -2.32. The summed E-state index contributed by atoms with van der Waals surface area (Å²) in [6.07, 6.45) is 1.74. The molecule has 5 nitrogen and oxygen atoms in total. The van der Waals surface area contributed by atoms with Crippen LogP contribution >= 0.6 is 11.6 Å². The van der Waals surface area contributed by atoms with Gasteiger partial charge in [-0.05, 0) is 48.2 Å². The van der Waals surface area contributed by atoms with Gasteiger partial charge in [0.25, 0.3) is 0 Å². The Bertz CT molecular complexity index is 778. The summed E-state index contributed by atoms with van der Waals surface area (Å²) in [6, 6.07) is 13.8. The molecule has 0 aliphatic carbocycles. The molecule has 0 amide bonds. The first-order valence-corrected chi connectivity index (χ1v) is 9.48. The molecule has 2 aromatic rings. The second-order valence-corrected chi connectivity index (χ2v) is 7.06. The van der Waals surface area contributed by atoms with Crippen LogP contribution in [0.3, 0.4) is 0 Å². The van der Waals surface area contributed by atoms with E-state index in [9.17, 15) is 5.11 Å². The number of oxime groups is 1. The molecule has 3 atom stereocenters. The van der Waals surface area contributed by atoms with Crippen molar-refractivity contribution in [1.82, 2.24) is 0 Å². The average Bonchev–Trinajstić information content (AvgIpc) is 2.65. The van der Waals surface area contributed by atoms with Gasteiger partial charge in [-0.1, -0.05) is 41.0 Å². The van der Waals surface area contributed by atoms with Crippen LogP contribution in [0.1, 0.15) is 42.6 Å². The van der Waals surface area contributed by atoms with E-state index in [0.717, 1.165) is 22.4 Å². The maximum absolute atomic E-state index is 10.1. The van der Waals surface area contributed by atoms with Crippen LogP contribution in [0.15, 0.2) is 47.6 Å². The lowest BCUT2D eigenvalue weighted by Gasteiger charge is -2.31. The third-order valence-electron chi connectivity index (χ3n) is 4.63. The highest BCUT2D eigenvalue weighted by molar-refractivity contribution is 6.31. The summed E-state index contributed by atoms with van der Waals surface area (Å²) in [5.74, 6) is 0.849. The predicted octanol–water partition coefficient (Wildman–Crippen LogP) is 4.37. The van der Waals surface area contributed by atoms with Crippen LogP contribution in [0, 0.1) is 0 Å². The number of aliphatic hydroxyl groups is 1. The van der Waals surface area contributed by atoms with Crippen LogP contribution in [-0.4, -0.2) is 35.3 Å². The number of hydrogen-bond donors (Lipinski definition) is 2. The Hall–Kier alpha value is -2.08. The molecule has 1 fully saturated rings. The van der Waals surface area contributed by atoms with Gasteiger partial charge in [-0.2, -0.15) is 0 Å². The smallest absolute Gasteiger partial charge is 0.119 e. The van der Waals surface area contributed by atoms with E-state index in [1.165, 1.54) is 6.21 Å². The number of nitrogens with zero attached hydrogens (tertiary/aromatic N) is 1. The van der Waals surface area contributed by atoms with Gasteiger partial charge in [0, 0.05) is 17.9 Å². The first-order valence-electron chi connectivity index (χ1n) is 9.10. The fraction of sp³-hybridized carbons (Fsp3) is 0.381. The van der Waals surface area contributed by atoms with Gasteiger partial charge in [-0.15, -0.1) is 0 Å². The van der Waals surface area contributed by atoms with Crippen LogP contribution in [0.4, 0.5) is 0 Å². The molecule has 6 heteroatoms. The largest absolute Gasteiger partial charge is 0.494 e. The SMILES string of the molecule is CCOc1ccc(Cc2cc(C3CC(O)CC(/C=N/O)O3)ccc2Cl)cc1. The normalized spacial score (nSPS) is 22.9. The van der Waals surface area contributed by atoms with E-state index in [0.29, 0.717) is 30.9 Å². The molecule has 0 saturated carbocycles. The van der Waals surface area contributed by atoms with Crippen LogP contribution in [0.25, 0.3) is 0 Å². The molecule has 3 rings (SSSR count). The monoisotopic (exact) mass is 389 g/mol. The van der Waals surface area contributed by atoms with Gasteiger partial charge < -0.3 is 19.8 Å². The minimum atomic E-state index is -0.503. The quantitative estimate of drug-likeness (QED) is 0.437. The van der Waals surface area contributed by atoms with Crippen LogP contribution < -0.4 is 4.74 Å². The fourth-order valence-corrected chi connectivity index (χ4v) is 3.52. The molecule has 1 heterocycles. The van der Waals surface area contributed by atoms with Crippen molar-refractivity contribution in [1.29, 1.82) is 0 Å². The van der Waals surface area contributed by atoms with Crippen molar-refractivity contribution in [2.24, 2.45) is 5.16 Å². The van der Waals surface area contributed by atoms with E-state index in [-0.39, 0.29) is 6.10 Å². The highest BCUT2D eigenvalue weighted by Crippen LogP contribution is 2.33. The second-order valence-electron chi connectivity index (χ2n) is 6.66. The zero-order valence-corrected chi connectivity index (χ0v) is 16.0. The molecule has 0 bridgehead atoms. The lowest BCUT2D eigenvalue weighted by atomic mass is 9.94. The Balaban J connectivity index is 1.77. The van der Waals surface area contributed by atoms with E-state index in [2.05, 4.69) is 5.16 Å². The van der Waals surface area contributed by atoms with Gasteiger partial charge in [-0.25, -0.2) is 0 Å². The highest BCUT2D eigenvalue weighted by Gasteiger charge is 2.29. The second kappa shape index (κ2) is 9.22. The Morgan fingerprint density at radius 1 is 1.22 bits per heavy atom. The Morgan fingerprint density at radius 3 is 2.70 bits per heavy atom. The third-order valence-corrected chi connectivity index (χ3v) is 5.00. The van der Waals surface area contributed by atoms with E-state index < -0.39 is 12.2 Å². The van der Waals surface area contributed by atoms with Gasteiger partial charge in [-0.3, -0.25) is 0 Å². The van der Waals surface area contributed by atoms with Gasteiger partial charge >= 0.3 is 0 Å². The molecule has 27 heavy (non-hydrogen) atoms. The summed E-state index contributed by atoms with van der Waals surface area (Å²) in [4.78, 5) is 0. The summed E-state index contributed by atoms with van der Waals surface area (Å²) in [5.41, 5.74) is 3.08. The number of halogens is 1. The Kier molecular flexibility index (Phi) is 6.72. The van der Waals surface area contributed by atoms with E-state index in [1.54, 1.807) is 0 Å². The maximum Gasteiger partial charge on any atom is 0.119 e. The van der Waals surface area contributed by atoms with Crippen LogP contribution in [-0.2, 0) is 11.2 Å². The van der Waals surface area contributed by atoms with Gasteiger partial charge in [0.05, 0.1) is 31.1 Å². The first kappa shape index (κ1) is 19.7. The summed E-state index contributed by atoms with van der Waals surface area (Å²) in [5, 5.41) is 22.6. The third kappa shape index (κ3) is 5.22. The first-order chi connectivity index (χ1) is 13.1. The van der Waals surface area contributed by atoms with Crippen molar-refractivity contribution < 1.29 is 19.8 Å². The number of benzene rings is 2. The summed E-state index contributed by atoms with van der Waals surface area (Å²) < 4.78 is 11.4. The van der Waals surface area contributed by atoms with Crippen molar-refractivity contribution >= 4 is 17.8 Å². The van der Waals surface area contributed by atoms with E-state index >= 15 is 0 Å². The molecular formula is C21H24ClNO4. The van der Waals surface area contributed by atoms with Crippen molar-refractivity contribution in [3.05, 3.63) is 64.2 Å². The topological polar surface area (TPSA) is 71.3 Å². The fourth-order valence-electron chi connectivity index (χ4n) is 3.34. The molecule has 1 saturated heterocycles. The summed E-state index contributed by atoms with van der Waals surface area (Å²) >= 11 is 6.40. The summed E-state index contributed by atoms with van der Waals surface area (Å²) in [6.45, 7) is 2.60. The van der Waals surface area contributed by atoms with E-state index in [4.69, 9.17) is 26.3 Å². The number of rotatable bonds is 6. The predicted molar refractivity (Wildman–Crippen MR) is 105 cm³/mol. The molecule has 2 N–H and O–H groups in total. The van der Waals surface area contributed by atoms with Crippen LogP contribution in [0.5, 0.6) is 5.75 Å². The Labute approximate surface area is 164 Å². The van der Waals surface area contributed by atoms with E-state index in [1.807, 2.05) is 49.4 Å². The molecule has 1 aliphatic heterocycles. The lowest BCUT2D eigenvalue weighted by molar-refractivity contribution is -0.0686. The maximum atomic E-state index is 10.1. The van der Waals surface area contributed by atoms with Crippen molar-refractivity contribution in [3.63, 3.8) is 0 Å². The molecular weight excluding hydrogens is 366 g/mol. The standard InChI is InChI=1S/C21H24ClNO4/c1-2-26-18-6-3-14(4-7-18)9-16-10-15(5-8-20(16)22)21-12-17(24)11-19(27-21)13-23-25/h3-8,10,13,17,19,21,24-25H,2,9,11-12H2,1H3/b23-13+. The highest BCUT2D eigenvalue weighted by atomic mass is 35.5. The van der Waals surface area contributed by atoms with Gasteiger partial charge in [0.15, 0.2) is 0 Å². The van der Waals surface area contributed by atoms with Crippen LogP contribution in [0.2, 0.25) is 5.02 Å². The average molecular weight is 390 g/mol. The molecule has 0 radical (unpaired) electrons. The molecule has 144 valence electrons. The minimum Gasteiger partial charge on any atom is -0.494 e. The molecule has 0 aromatic heterocycles.